The molecule has 5 heteroatoms. The van der Waals surface area contributed by atoms with E-state index in [2.05, 4.69) is 45.1 Å². The Morgan fingerprint density at radius 3 is 2.43 bits per heavy atom. The lowest BCUT2D eigenvalue weighted by molar-refractivity contribution is 0.185. The van der Waals surface area contributed by atoms with Gasteiger partial charge in [-0.05, 0) is 34.8 Å². The predicted octanol–water partition coefficient (Wildman–Crippen LogP) is 4.05. The second-order valence-corrected chi connectivity index (χ2v) is 5.46. The molecule has 0 spiro atoms. The summed E-state index contributed by atoms with van der Waals surface area (Å²) in [7, 11) is 1.70. The molecule has 1 aromatic carbocycles. The van der Waals surface area contributed by atoms with Crippen LogP contribution in [-0.2, 0) is 17.8 Å². The van der Waals surface area contributed by atoms with Crippen molar-refractivity contribution in [2.24, 2.45) is 0 Å². The van der Waals surface area contributed by atoms with Crippen molar-refractivity contribution >= 4 is 21.7 Å². The highest BCUT2D eigenvalue weighted by molar-refractivity contribution is 9.10. The molecule has 21 heavy (non-hydrogen) atoms. The van der Waals surface area contributed by atoms with Gasteiger partial charge in [-0.15, -0.1) is 0 Å². The van der Waals surface area contributed by atoms with E-state index in [4.69, 9.17) is 4.74 Å². The molecule has 2 aromatic rings. The Morgan fingerprint density at radius 2 is 1.86 bits per heavy atom. The SMILES string of the molecule is CCNc1nc(-c2ccc(COC)cc2)nc(CC)c1Br. The third kappa shape index (κ3) is 3.80. The van der Waals surface area contributed by atoms with Crippen molar-refractivity contribution < 1.29 is 4.74 Å². The number of ether oxygens (including phenoxy) is 1. The van der Waals surface area contributed by atoms with Crippen LogP contribution in [0.3, 0.4) is 0 Å². The summed E-state index contributed by atoms with van der Waals surface area (Å²) in [5, 5.41) is 3.27. The van der Waals surface area contributed by atoms with Gasteiger partial charge in [0.25, 0.3) is 0 Å². The Hall–Kier alpha value is -1.46. The third-order valence-electron chi connectivity index (χ3n) is 3.12. The lowest BCUT2D eigenvalue weighted by atomic mass is 10.1. The summed E-state index contributed by atoms with van der Waals surface area (Å²) in [6.45, 7) is 5.59. The number of hydrogen-bond acceptors (Lipinski definition) is 4. The van der Waals surface area contributed by atoms with Crippen LogP contribution in [0.1, 0.15) is 25.1 Å². The van der Waals surface area contributed by atoms with Gasteiger partial charge in [0.1, 0.15) is 5.82 Å². The summed E-state index contributed by atoms with van der Waals surface area (Å²) in [4.78, 5) is 9.27. The Bertz CT molecular complexity index is 599. The molecule has 1 aromatic heterocycles. The Balaban J connectivity index is 2.40. The van der Waals surface area contributed by atoms with Gasteiger partial charge < -0.3 is 10.1 Å². The van der Waals surface area contributed by atoms with Crippen LogP contribution in [0.25, 0.3) is 11.4 Å². The van der Waals surface area contributed by atoms with Crippen LogP contribution in [0, 0.1) is 0 Å². The molecule has 0 atom stereocenters. The minimum atomic E-state index is 0.615. The van der Waals surface area contributed by atoms with Gasteiger partial charge in [-0.2, -0.15) is 0 Å². The van der Waals surface area contributed by atoms with Crippen molar-refractivity contribution in [3.05, 3.63) is 40.0 Å². The van der Waals surface area contributed by atoms with Gasteiger partial charge >= 0.3 is 0 Å². The maximum Gasteiger partial charge on any atom is 0.161 e. The minimum absolute atomic E-state index is 0.615. The van der Waals surface area contributed by atoms with E-state index >= 15 is 0 Å². The van der Waals surface area contributed by atoms with Crippen LogP contribution in [0.15, 0.2) is 28.7 Å². The summed E-state index contributed by atoms with van der Waals surface area (Å²) in [6, 6.07) is 8.16. The molecule has 0 saturated heterocycles. The van der Waals surface area contributed by atoms with Gasteiger partial charge in [0.05, 0.1) is 16.8 Å². The molecule has 0 aliphatic carbocycles. The molecule has 0 fully saturated rings. The number of methoxy groups -OCH3 is 1. The first-order valence-electron chi connectivity index (χ1n) is 7.08. The van der Waals surface area contributed by atoms with Gasteiger partial charge in [-0.25, -0.2) is 9.97 Å². The molecule has 0 aliphatic rings. The van der Waals surface area contributed by atoms with E-state index in [0.717, 1.165) is 45.9 Å². The molecular weight excluding hydrogens is 330 g/mol. The van der Waals surface area contributed by atoms with Crippen molar-refractivity contribution in [2.75, 3.05) is 19.0 Å². The van der Waals surface area contributed by atoms with Crippen molar-refractivity contribution in [2.45, 2.75) is 26.9 Å². The fourth-order valence-electron chi connectivity index (χ4n) is 2.06. The van der Waals surface area contributed by atoms with E-state index in [1.54, 1.807) is 7.11 Å². The lowest BCUT2D eigenvalue weighted by Crippen LogP contribution is -2.05. The van der Waals surface area contributed by atoms with E-state index in [1.807, 2.05) is 24.3 Å². The second kappa shape index (κ2) is 7.52. The molecule has 0 radical (unpaired) electrons. The number of nitrogens with zero attached hydrogens (tertiary/aromatic N) is 2. The summed E-state index contributed by atoms with van der Waals surface area (Å²) in [5.74, 6) is 1.59. The number of rotatable bonds is 6. The highest BCUT2D eigenvalue weighted by Gasteiger charge is 2.12. The molecular formula is C16H20BrN3O. The lowest BCUT2D eigenvalue weighted by Gasteiger charge is -2.11. The van der Waals surface area contributed by atoms with Crippen molar-refractivity contribution in [3.8, 4) is 11.4 Å². The van der Waals surface area contributed by atoms with Crippen LogP contribution in [0.2, 0.25) is 0 Å². The summed E-state index contributed by atoms with van der Waals surface area (Å²) in [6.07, 6.45) is 0.857. The molecule has 4 nitrogen and oxygen atoms in total. The smallest absolute Gasteiger partial charge is 0.161 e. The molecule has 2 rings (SSSR count). The average Bonchev–Trinajstić information content (AvgIpc) is 2.51. The molecule has 0 amide bonds. The average molecular weight is 350 g/mol. The molecule has 0 saturated carbocycles. The maximum atomic E-state index is 5.13. The first kappa shape index (κ1) is 15.9. The highest BCUT2D eigenvalue weighted by atomic mass is 79.9. The fraction of sp³-hybridized carbons (Fsp3) is 0.375. The summed E-state index contributed by atoms with van der Waals surface area (Å²) >= 11 is 3.58. The van der Waals surface area contributed by atoms with Crippen LogP contribution in [0.4, 0.5) is 5.82 Å². The quantitative estimate of drug-likeness (QED) is 0.854. The van der Waals surface area contributed by atoms with E-state index < -0.39 is 0 Å². The molecule has 0 aliphatic heterocycles. The number of nitrogens with one attached hydrogen (secondary N) is 1. The van der Waals surface area contributed by atoms with Gasteiger partial charge in [0.2, 0.25) is 0 Å². The number of aryl methyl sites for hydroxylation is 1. The Labute approximate surface area is 134 Å². The monoisotopic (exact) mass is 349 g/mol. The zero-order chi connectivity index (χ0) is 15.2. The van der Waals surface area contributed by atoms with E-state index in [0.29, 0.717) is 6.61 Å². The van der Waals surface area contributed by atoms with Crippen molar-refractivity contribution in [3.63, 3.8) is 0 Å². The number of aromatic nitrogens is 2. The van der Waals surface area contributed by atoms with E-state index in [-0.39, 0.29) is 0 Å². The first-order valence-corrected chi connectivity index (χ1v) is 7.87. The van der Waals surface area contributed by atoms with Crippen LogP contribution in [-0.4, -0.2) is 23.6 Å². The fourth-order valence-corrected chi connectivity index (χ4v) is 2.66. The first-order chi connectivity index (χ1) is 10.2. The van der Waals surface area contributed by atoms with E-state index in [1.165, 1.54) is 0 Å². The second-order valence-electron chi connectivity index (χ2n) is 4.67. The zero-order valence-corrected chi connectivity index (χ0v) is 14.2. The zero-order valence-electron chi connectivity index (χ0n) is 12.6. The molecule has 112 valence electrons. The number of halogens is 1. The normalized spacial score (nSPS) is 10.7. The van der Waals surface area contributed by atoms with Gasteiger partial charge in [-0.1, -0.05) is 31.2 Å². The Morgan fingerprint density at radius 1 is 1.14 bits per heavy atom. The summed E-state index contributed by atoms with van der Waals surface area (Å²) in [5.41, 5.74) is 3.16. The number of anilines is 1. The third-order valence-corrected chi connectivity index (χ3v) is 3.96. The topological polar surface area (TPSA) is 47.0 Å². The van der Waals surface area contributed by atoms with Crippen molar-refractivity contribution in [1.82, 2.24) is 9.97 Å². The number of hydrogen-bond donors (Lipinski definition) is 1. The summed E-state index contributed by atoms with van der Waals surface area (Å²) < 4.78 is 6.08. The Kier molecular flexibility index (Phi) is 5.70. The maximum absolute atomic E-state index is 5.13. The van der Waals surface area contributed by atoms with Crippen LogP contribution >= 0.6 is 15.9 Å². The predicted molar refractivity (Wildman–Crippen MR) is 89.4 cm³/mol. The molecule has 1 heterocycles. The van der Waals surface area contributed by atoms with Gasteiger partial charge in [-0.3, -0.25) is 0 Å². The molecule has 0 unspecified atom stereocenters. The van der Waals surface area contributed by atoms with Gasteiger partial charge in [0.15, 0.2) is 5.82 Å². The molecule has 1 N–H and O–H groups in total. The van der Waals surface area contributed by atoms with Crippen LogP contribution in [0.5, 0.6) is 0 Å². The minimum Gasteiger partial charge on any atom is -0.380 e. The standard InChI is InChI=1S/C16H20BrN3O/c1-4-13-14(17)16(18-5-2)20-15(19-13)12-8-6-11(7-9-12)10-21-3/h6-9H,4-5,10H2,1-3H3,(H,18,19,20). The highest BCUT2D eigenvalue weighted by Crippen LogP contribution is 2.27. The van der Waals surface area contributed by atoms with Crippen molar-refractivity contribution in [1.29, 1.82) is 0 Å². The molecule has 0 bridgehead atoms. The largest absolute Gasteiger partial charge is 0.380 e. The number of benzene rings is 1. The van der Waals surface area contributed by atoms with Gasteiger partial charge in [0, 0.05) is 19.2 Å². The van der Waals surface area contributed by atoms with E-state index in [9.17, 15) is 0 Å². The van der Waals surface area contributed by atoms with Crippen LogP contribution < -0.4 is 5.32 Å².